The number of amides is 2. The zero-order valence-corrected chi connectivity index (χ0v) is 14.8. The Morgan fingerprint density at radius 1 is 1.32 bits per heavy atom. The minimum atomic E-state index is -0.0653. The number of hydrogen-bond acceptors (Lipinski definition) is 7. The van der Waals surface area contributed by atoms with Gasteiger partial charge in [0.2, 0.25) is 5.89 Å². The number of piperidine rings is 1. The number of nitrogens with zero attached hydrogens (tertiary/aromatic N) is 4. The predicted octanol–water partition coefficient (Wildman–Crippen LogP) is 0.612. The van der Waals surface area contributed by atoms with Gasteiger partial charge in [0, 0.05) is 39.3 Å². The summed E-state index contributed by atoms with van der Waals surface area (Å²) in [6.45, 7) is 5.67. The highest BCUT2D eigenvalue weighted by molar-refractivity contribution is 5.74. The lowest BCUT2D eigenvalue weighted by molar-refractivity contribution is 0.0221. The number of urea groups is 1. The minimum absolute atomic E-state index is 0.0653. The molecule has 0 aromatic carbocycles. The first-order valence-electron chi connectivity index (χ1n) is 8.91. The summed E-state index contributed by atoms with van der Waals surface area (Å²) in [6, 6.07) is 0.183. The van der Waals surface area contributed by atoms with Crippen molar-refractivity contribution in [1.29, 1.82) is 0 Å². The van der Waals surface area contributed by atoms with Gasteiger partial charge in [-0.25, -0.2) is 4.79 Å². The second kappa shape index (κ2) is 9.12. The topological polar surface area (TPSA) is 93.0 Å². The molecule has 1 atom stereocenters. The molecular weight excluding hydrogens is 326 g/mol. The van der Waals surface area contributed by atoms with Crippen molar-refractivity contribution in [2.45, 2.75) is 38.5 Å². The molecule has 2 fully saturated rings. The smallest absolute Gasteiger partial charge is 0.318 e. The summed E-state index contributed by atoms with van der Waals surface area (Å²) in [5, 5.41) is 6.69. The normalized spacial score (nSPS) is 22.1. The van der Waals surface area contributed by atoms with Crippen LogP contribution in [-0.4, -0.2) is 78.5 Å². The van der Waals surface area contributed by atoms with Crippen LogP contribution in [0.3, 0.4) is 0 Å². The molecular formula is C16H27N5O4. The summed E-state index contributed by atoms with van der Waals surface area (Å²) in [4.78, 5) is 21.1. The third-order valence-corrected chi connectivity index (χ3v) is 4.64. The van der Waals surface area contributed by atoms with Gasteiger partial charge in [0.25, 0.3) is 0 Å². The fourth-order valence-electron chi connectivity index (χ4n) is 3.34. The molecule has 0 saturated carbocycles. The highest BCUT2D eigenvalue weighted by atomic mass is 16.5. The van der Waals surface area contributed by atoms with Gasteiger partial charge in [0.1, 0.15) is 6.61 Å². The number of hydrogen-bond donors (Lipinski definition) is 1. The number of likely N-dealkylation sites (tertiary alicyclic amines) is 1. The first-order valence-corrected chi connectivity index (χ1v) is 8.91. The molecule has 0 aliphatic carbocycles. The number of nitrogens with one attached hydrogen (secondary N) is 1. The summed E-state index contributed by atoms with van der Waals surface area (Å²) in [5.74, 6) is 0.872. The average molecular weight is 353 g/mol. The lowest BCUT2D eigenvalue weighted by Gasteiger charge is -2.39. The Morgan fingerprint density at radius 2 is 2.16 bits per heavy atom. The maximum atomic E-state index is 12.6. The van der Waals surface area contributed by atoms with E-state index in [-0.39, 0.29) is 18.6 Å². The number of morpholine rings is 1. The fraction of sp³-hybridized carbons (Fsp3) is 0.812. The van der Waals surface area contributed by atoms with Gasteiger partial charge in [0.15, 0.2) is 5.82 Å². The quantitative estimate of drug-likeness (QED) is 0.801. The van der Waals surface area contributed by atoms with E-state index in [1.165, 1.54) is 6.42 Å². The molecule has 2 aliphatic rings. The summed E-state index contributed by atoms with van der Waals surface area (Å²) in [6.07, 6.45) is 3.26. The predicted molar refractivity (Wildman–Crippen MR) is 88.9 cm³/mol. The van der Waals surface area contributed by atoms with E-state index >= 15 is 0 Å². The van der Waals surface area contributed by atoms with E-state index in [2.05, 4.69) is 20.4 Å². The molecule has 2 saturated heterocycles. The Balaban J connectivity index is 1.50. The molecule has 3 rings (SSSR count). The molecule has 0 radical (unpaired) electrons. The van der Waals surface area contributed by atoms with Crippen molar-refractivity contribution in [2.75, 3.05) is 46.5 Å². The van der Waals surface area contributed by atoms with E-state index in [9.17, 15) is 4.79 Å². The summed E-state index contributed by atoms with van der Waals surface area (Å²) < 4.78 is 15.5. The standard InChI is InChI=1S/C16H27N5O4/c1-23-12-14-18-15(25-19-14)10-17-16(22)21-5-3-2-4-13(21)11-20-6-8-24-9-7-20/h13H,2-12H2,1H3,(H,17,22)/t13-/m0/s1. The summed E-state index contributed by atoms with van der Waals surface area (Å²) in [5.41, 5.74) is 0. The Morgan fingerprint density at radius 3 is 2.96 bits per heavy atom. The van der Waals surface area contributed by atoms with Crippen LogP contribution in [0.15, 0.2) is 4.52 Å². The minimum Gasteiger partial charge on any atom is -0.379 e. The van der Waals surface area contributed by atoms with Crippen LogP contribution in [0.1, 0.15) is 31.0 Å². The molecule has 3 heterocycles. The van der Waals surface area contributed by atoms with Crippen molar-refractivity contribution in [3.8, 4) is 0 Å². The first-order chi connectivity index (χ1) is 12.3. The average Bonchev–Trinajstić information content (AvgIpc) is 3.09. The van der Waals surface area contributed by atoms with E-state index in [0.717, 1.165) is 52.2 Å². The van der Waals surface area contributed by atoms with Crippen LogP contribution in [0.25, 0.3) is 0 Å². The first kappa shape index (κ1) is 18.1. The Kier molecular flexibility index (Phi) is 6.60. The van der Waals surface area contributed by atoms with Crippen molar-refractivity contribution in [3.05, 3.63) is 11.7 Å². The van der Waals surface area contributed by atoms with Crippen LogP contribution in [0.4, 0.5) is 4.79 Å². The summed E-state index contributed by atoms with van der Waals surface area (Å²) in [7, 11) is 1.57. The number of carbonyl (C=O) groups is 1. The Bertz CT molecular complexity index is 546. The Hall–Kier alpha value is -1.71. The van der Waals surface area contributed by atoms with Gasteiger partial charge in [-0.3, -0.25) is 4.90 Å². The van der Waals surface area contributed by atoms with Gasteiger partial charge in [-0.1, -0.05) is 5.16 Å². The molecule has 2 amide bonds. The molecule has 1 aromatic heterocycles. The van der Waals surface area contributed by atoms with Crippen molar-refractivity contribution in [3.63, 3.8) is 0 Å². The molecule has 1 N–H and O–H groups in total. The maximum Gasteiger partial charge on any atom is 0.318 e. The maximum absolute atomic E-state index is 12.6. The van der Waals surface area contributed by atoms with Gasteiger partial charge in [-0.15, -0.1) is 0 Å². The molecule has 2 aliphatic heterocycles. The number of aromatic nitrogens is 2. The zero-order chi connectivity index (χ0) is 17.5. The number of rotatable bonds is 6. The van der Waals surface area contributed by atoms with Crippen LogP contribution in [0.2, 0.25) is 0 Å². The zero-order valence-electron chi connectivity index (χ0n) is 14.8. The number of ether oxygens (including phenoxy) is 2. The van der Waals surface area contributed by atoms with E-state index in [0.29, 0.717) is 18.3 Å². The van der Waals surface area contributed by atoms with E-state index < -0.39 is 0 Å². The van der Waals surface area contributed by atoms with Crippen LogP contribution < -0.4 is 5.32 Å². The van der Waals surface area contributed by atoms with Gasteiger partial charge < -0.3 is 24.2 Å². The van der Waals surface area contributed by atoms with Crippen molar-refractivity contribution in [1.82, 2.24) is 25.3 Å². The molecule has 140 valence electrons. The Labute approximate surface area is 147 Å². The lowest BCUT2D eigenvalue weighted by Crippen LogP contribution is -2.53. The molecule has 0 bridgehead atoms. The van der Waals surface area contributed by atoms with Crippen molar-refractivity contribution >= 4 is 6.03 Å². The molecule has 9 nitrogen and oxygen atoms in total. The third kappa shape index (κ3) is 5.13. The van der Waals surface area contributed by atoms with Crippen LogP contribution in [0.5, 0.6) is 0 Å². The second-order valence-electron chi connectivity index (χ2n) is 6.45. The fourth-order valence-corrected chi connectivity index (χ4v) is 3.34. The van der Waals surface area contributed by atoms with E-state index in [1.807, 2.05) is 4.90 Å². The SMILES string of the molecule is COCc1noc(CNC(=O)N2CCCC[C@H]2CN2CCOCC2)n1. The molecule has 9 heteroatoms. The van der Waals surface area contributed by atoms with Gasteiger partial charge in [-0.05, 0) is 19.3 Å². The van der Waals surface area contributed by atoms with Gasteiger partial charge >= 0.3 is 6.03 Å². The van der Waals surface area contributed by atoms with Crippen LogP contribution in [-0.2, 0) is 22.6 Å². The molecule has 25 heavy (non-hydrogen) atoms. The van der Waals surface area contributed by atoms with Gasteiger partial charge in [-0.2, -0.15) is 4.98 Å². The van der Waals surface area contributed by atoms with Crippen LogP contribution >= 0.6 is 0 Å². The lowest BCUT2D eigenvalue weighted by atomic mass is 10.0. The number of methoxy groups -OCH3 is 1. The van der Waals surface area contributed by atoms with Crippen molar-refractivity contribution in [2.24, 2.45) is 0 Å². The monoisotopic (exact) mass is 353 g/mol. The summed E-state index contributed by atoms with van der Waals surface area (Å²) >= 11 is 0. The highest BCUT2D eigenvalue weighted by Gasteiger charge is 2.29. The number of carbonyl (C=O) groups excluding carboxylic acids is 1. The highest BCUT2D eigenvalue weighted by Crippen LogP contribution is 2.18. The van der Waals surface area contributed by atoms with E-state index in [1.54, 1.807) is 7.11 Å². The molecule has 1 aromatic rings. The third-order valence-electron chi connectivity index (χ3n) is 4.64. The molecule has 0 spiro atoms. The largest absolute Gasteiger partial charge is 0.379 e. The van der Waals surface area contributed by atoms with Crippen LogP contribution in [0, 0.1) is 0 Å². The molecule has 0 unspecified atom stereocenters. The van der Waals surface area contributed by atoms with Crippen molar-refractivity contribution < 1.29 is 18.8 Å². The second-order valence-corrected chi connectivity index (χ2v) is 6.45. The van der Waals surface area contributed by atoms with E-state index in [4.69, 9.17) is 14.0 Å². The van der Waals surface area contributed by atoms with Gasteiger partial charge in [0.05, 0.1) is 19.8 Å².